The van der Waals surface area contributed by atoms with Gasteiger partial charge in [0, 0.05) is 24.5 Å². The van der Waals surface area contributed by atoms with Crippen LogP contribution in [0.4, 0.5) is 0 Å². The Hall–Kier alpha value is -1.09. The van der Waals surface area contributed by atoms with E-state index in [0.717, 1.165) is 23.4 Å². The van der Waals surface area contributed by atoms with Crippen LogP contribution < -0.4 is 0 Å². The first-order valence-corrected chi connectivity index (χ1v) is 7.28. The van der Waals surface area contributed by atoms with Crippen molar-refractivity contribution in [2.24, 2.45) is 5.41 Å². The van der Waals surface area contributed by atoms with Crippen molar-refractivity contribution in [3.8, 4) is 0 Å². The molecule has 0 saturated heterocycles. The zero-order chi connectivity index (χ0) is 14.2. The Labute approximate surface area is 120 Å². The number of hydrogen-bond acceptors (Lipinski definition) is 2. The minimum absolute atomic E-state index is 0.153. The highest BCUT2D eigenvalue weighted by Crippen LogP contribution is 2.34. The topological polar surface area (TPSA) is 30.7 Å². The first-order valence-electron chi connectivity index (χ1n) is 6.74. The summed E-state index contributed by atoms with van der Waals surface area (Å²) in [6.45, 7) is 11.0. The minimum Gasteiger partial charge on any atom is -0.309 e. The number of pyridine rings is 1. The van der Waals surface area contributed by atoms with Gasteiger partial charge in [0.2, 0.25) is 0 Å². The fraction of sp³-hybridized carbons (Fsp3) is 0.600. The predicted molar refractivity (Wildman–Crippen MR) is 80.9 cm³/mol. The lowest BCUT2D eigenvalue weighted by Gasteiger charge is -2.30. The van der Waals surface area contributed by atoms with Crippen molar-refractivity contribution < 1.29 is 0 Å². The molecular weight excluding hydrogens is 258 g/mol. The largest absolute Gasteiger partial charge is 0.309 e. The second-order valence-corrected chi connectivity index (χ2v) is 6.56. The number of halogens is 1. The minimum atomic E-state index is 0.153. The molecule has 0 spiro atoms. The molecule has 0 amide bonds. The number of fused-ring (bicyclic) bond motifs is 1. The maximum Gasteiger partial charge on any atom is 0.160 e. The summed E-state index contributed by atoms with van der Waals surface area (Å²) in [5.74, 6) is 1.62. The molecule has 2 aromatic heterocycles. The second kappa shape index (κ2) is 5.12. The number of imidazole rings is 1. The van der Waals surface area contributed by atoms with Crippen LogP contribution in [0.25, 0.3) is 11.2 Å². The van der Waals surface area contributed by atoms with E-state index in [4.69, 9.17) is 16.6 Å². The summed E-state index contributed by atoms with van der Waals surface area (Å²) in [5, 5.41) is 0. The molecule has 0 aliphatic rings. The van der Waals surface area contributed by atoms with Crippen molar-refractivity contribution in [3.05, 3.63) is 23.7 Å². The van der Waals surface area contributed by atoms with Crippen LogP contribution in [0, 0.1) is 12.3 Å². The maximum absolute atomic E-state index is 5.92. The molecule has 0 aliphatic carbocycles. The summed E-state index contributed by atoms with van der Waals surface area (Å²) in [6, 6.07) is 2.33. The highest BCUT2D eigenvalue weighted by atomic mass is 35.5. The quantitative estimate of drug-likeness (QED) is 0.791. The van der Waals surface area contributed by atoms with Gasteiger partial charge in [-0.05, 0) is 30.9 Å². The fourth-order valence-corrected chi connectivity index (χ4v) is 2.38. The molecule has 2 aromatic rings. The van der Waals surface area contributed by atoms with Gasteiger partial charge in [-0.2, -0.15) is 0 Å². The van der Waals surface area contributed by atoms with Crippen LogP contribution in [-0.2, 0) is 6.42 Å². The van der Waals surface area contributed by atoms with Crippen LogP contribution >= 0.6 is 11.6 Å². The molecule has 4 heteroatoms. The van der Waals surface area contributed by atoms with Crippen molar-refractivity contribution >= 4 is 22.8 Å². The average molecular weight is 280 g/mol. The number of hydrogen-bond donors (Lipinski definition) is 0. The molecule has 0 saturated carbocycles. The van der Waals surface area contributed by atoms with E-state index in [2.05, 4.69) is 44.2 Å². The van der Waals surface area contributed by atoms with Crippen LogP contribution in [0.1, 0.15) is 45.1 Å². The summed E-state index contributed by atoms with van der Waals surface area (Å²) < 4.78 is 2.25. The Bertz CT molecular complexity index is 581. The van der Waals surface area contributed by atoms with Crippen molar-refractivity contribution in [1.82, 2.24) is 14.5 Å². The second-order valence-electron chi connectivity index (χ2n) is 6.18. The van der Waals surface area contributed by atoms with Gasteiger partial charge in [0.15, 0.2) is 5.65 Å². The lowest BCUT2D eigenvalue weighted by atomic mass is 9.87. The average Bonchev–Trinajstić information content (AvgIpc) is 2.67. The third-order valence-electron chi connectivity index (χ3n) is 3.81. The van der Waals surface area contributed by atoms with Crippen LogP contribution in [0.15, 0.2) is 12.3 Å². The first kappa shape index (κ1) is 14.3. The van der Waals surface area contributed by atoms with E-state index in [1.165, 1.54) is 5.56 Å². The van der Waals surface area contributed by atoms with Crippen LogP contribution in [0.2, 0.25) is 0 Å². The van der Waals surface area contributed by atoms with Gasteiger partial charge in [-0.15, -0.1) is 11.6 Å². The van der Waals surface area contributed by atoms with Crippen LogP contribution in [0.3, 0.4) is 0 Å². The van der Waals surface area contributed by atoms with Crippen molar-refractivity contribution in [1.29, 1.82) is 0 Å². The van der Waals surface area contributed by atoms with Gasteiger partial charge in [0.05, 0.1) is 0 Å². The third-order valence-corrected chi connectivity index (χ3v) is 4.00. The van der Waals surface area contributed by atoms with Gasteiger partial charge < -0.3 is 4.57 Å². The van der Waals surface area contributed by atoms with Crippen molar-refractivity contribution in [3.63, 3.8) is 0 Å². The van der Waals surface area contributed by atoms with Crippen molar-refractivity contribution in [2.45, 2.75) is 47.1 Å². The molecule has 0 bridgehead atoms. The molecule has 2 heterocycles. The Balaban J connectivity index is 2.68. The Morgan fingerprint density at radius 3 is 2.63 bits per heavy atom. The monoisotopic (exact) mass is 279 g/mol. The number of aromatic nitrogens is 3. The lowest BCUT2D eigenvalue weighted by Crippen LogP contribution is -2.23. The van der Waals surface area contributed by atoms with E-state index in [-0.39, 0.29) is 5.41 Å². The summed E-state index contributed by atoms with van der Waals surface area (Å²) in [6.07, 6.45) is 2.63. The molecule has 104 valence electrons. The molecule has 1 atom stereocenters. The zero-order valence-electron chi connectivity index (χ0n) is 12.4. The molecular formula is C15H22ClN3. The fourth-order valence-electron chi connectivity index (χ4n) is 2.21. The Morgan fingerprint density at radius 2 is 2.05 bits per heavy atom. The highest BCUT2D eigenvalue weighted by molar-refractivity contribution is 6.17. The Morgan fingerprint density at radius 1 is 1.37 bits per heavy atom. The van der Waals surface area contributed by atoms with E-state index < -0.39 is 0 Å². The molecule has 0 N–H and O–H groups in total. The standard InChI is InChI=1S/C15H22ClN3/c1-10-7-9-17-14-13(10)18-12(6-8-16)19(14)11(2)15(3,4)5/h7,9,11H,6,8H2,1-5H3. The predicted octanol–water partition coefficient (Wildman–Crippen LogP) is 4.13. The van der Waals surface area contributed by atoms with Gasteiger partial charge >= 0.3 is 0 Å². The normalized spacial score (nSPS) is 14.0. The SMILES string of the molecule is Cc1ccnc2c1nc(CCCl)n2C(C)C(C)(C)C. The van der Waals surface area contributed by atoms with Gasteiger partial charge in [-0.3, -0.25) is 0 Å². The molecule has 1 unspecified atom stereocenters. The molecule has 0 radical (unpaired) electrons. The third kappa shape index (κ3) is 2.62. The Kier molecular flexibility index (Phi) is 3.86. The molecule has 0 aliphatic heterocycles. The molecule has 0 fully saturated rings. The van der Waals surface area contributed by atoms with Crippen molar-refractivity contribution in [2.75, 3.05) is 5.88 Å². The summed E-state index contributed by atoms with van der Waals surface area (Å²) >= 11 is 5.92. The van der Waals surface area contributed by atoms with Gasteiger partial charge in [-0.1, -0.05) is 20.8 Å². The number of aryl methyl sites for hydroxylation is 2. The zero-order valence-corrected chi connectivity index (χ0v) is 13.1. The van der Waals surface area contributed by atoms with Gasteiger partial charge in [-0.25, -0.2) is 9.97 Å². The number of alkyl halides is 1. The van der Waals surface area contributed by atoms with E-state index in [0.29, 0.717) is 11.9 Å². The number of rotatable bonds is 3. The van der Waals surface area contributed by atoms with E-state index >= 15 is 0 Å². The van der Waals surface area contributed by atoms with Crippen LogP contribution in [0.5, 0.6) is 0 Å². The molecule has 3 nitrogen and oxygen atoms in total. The molecule has 2 rings (SSSR count). The van der Waals surface area contributed by atoms with E-state index in [9.17, 15) is 0 Å². The van der Waals surface area contributed by atoms with E-state index in [1.807, 2.05) is 12.3 Å². The number of nitrogens with zero attached hydrogens (tertiary/aromatic N) is 3. The molecule has 0 aromatic carbocycles. The smallest absolute Gasteiger partial charge is 0.160 e. The highest BCUT2D eigenvalue weighted by Gasteiger charge is 2.26. The van der Waals surface area contributed by atoms with Crippen LogP contribution in [-0.4, -0.2) is 20.4 Å². The summed E-state index contributed by atoms with van der Waals surface area (Å²) in [7, 11) is 0. The summed E-state index contributed by atoms with van der Waals surface area (Å²) in [5.41, 5.74) is 3.29. The van der Waals surface area contributed by atoms with Gasteiger partial charge in [0.1, 0.15) is 11.3 Å². The molecule has 19 heavy (non-hydrogen) atoms. The maximum atomic E-state index is 5.92. The summed E-state index contributed by atoms with van der Waals surface area (Å²) in [4.78, 5) is 9.29. The lowest BCUT2D eigenvalue weighted by molar-refractivity contribution is 0.262. The van der Waals surface area contributed by atoms with Gasteiger partial charge in [0.25, 0.3) is 0 Å². The van der Waals surface area contributed by atoms with E-state index in [1.54, 1.807) is 0 Å². The first-order chi connectivity index (χ1) is 8.86.